The van der Waals surface area contributed by atoms with Gasteiger partial charge in [0.1, 0.15) is 28.5 Å². The third-order valence-corrected chi connectivity index (χ3v) is 6.73. The Bertz CT molecular complexity index is 1130. The van der Waals surface area contributed by atoms with Crippen LogP contribution in [-0.4, -0.2) is 62.2 Å². The van der Waals surface area contributed by atoms with Gasteiger partial charge in [0.25, 0.3) is 0 Å². The first-order valence-electron chi connectivity index (χ1n) is 10.9. The van der Waals surface area contributed by atoms with Gasteiger partial charge in [0.15, 0.2) is 0 Å². The highest BCUT2D eigenvalue weighted by atomic mass is 32.2. The Balaban J connectivity index is 1.60. The Morgan fingerprint density at radius 2 is 1.53 bits per heavy atom. The minimum absolute atomic E-state index is 0.0734. The number of rotatable bonds is 10. The number of aliphatic carboxylic acids is 1. The number of carbonyl (C=O) groups excluding carboxylic acids is 2. The summed E-state index contributed by atoms with van der Waals surface area (Å²) in [7, 11) is -3.40. The molecule has 0 aromatic heterocycles. The lowest BCUT2D eigenvalue weighted by molar-refractivity contribution is -0.142. The summed E-state index contributed by atoms with van der Waals surface area (Å²) in [5.41, 5.74) is 4.28. The van der Waals surface area contributed by atoms with Crippen LogP contribution < -0.4 is 10.6 Å². The molecule has 2 aromatic rings. The Labute approximate surface area is 198 Å². The highest BCUT2D eigenvalue weighted by Crippen LogP contribution is 2.44. The topological polar surface area (TPSA) is 139 Å². The van der Waals surface area contributed by atoms with Crippen molar-refractivity contribution in [2.45, 2.75) is 37.8 Å². The van der Waals surface area contributed by atoms with E-state index in [1.54, 1.807) is 6.92 Å². The second-order valence-corrected chi connectivity index (χ2v) is 10.5. The Morgan fingerprint density at radius 3 is 2.03 bits per heavy atom. The van der Waals surface area contributed by atoms with Crippen LogP contribution in [0.25, 0.3) is 11.1 Å². The number of ether oxygens (including phenoxy) is 1. The van der Waals surface area contributed by atoms with Crippen molar-refractivity contribution in [3.8, 4) is 11.1 Å². The fraction of sp³-hybridized carbons (Fsp3) is 0.375. The van der Waals surface area contributed by atoms with Gasteiger partial charge in [-0.15, -0.1) is 0 Å². The molecule has 182 valence electrons. The van der Waals surface area contributed by atoms with Crippen molar-refractivity contribution >= 4 is 27.8 Å². The maximum absolute atomic E-state index is 12.5. The number of alkyl carbamates (subject to hydrolysis) is 1. The molecule has 0 saturated carbocycles. The second-order valence-electron chi connectivity index (χ2n) is 8.25. The van der Waals surface area contributed by atoms with E-state index in [9.17, 15) is 27.9 Å². The van der Waals surface area contributed by atoms with E-state index in [0.29, 0.717) is 0 Å². The number of hydrogen-bond acceptors (Lipinski definition) is 6. The van der Waals surface area contributed by atoms with Crippen molar-refractivity contribution < 1.29 is 32.6 Å². The van der Waals surface area contributed by atoms with E-state index in [1.807, 2.05) is 48.5 Å². The zero-order valence-electron chi connectivity index (χ0n) is 19.0. The normalized spacial score (nSPS) is 14.4. The first-order valence-corrected chi connectivity index (χ1v) is 13.0. The lowest BCUT2D eigenvalue weighted by Gasteiger charge is -2.21. The van der Waals surface area contributed by atoms with E-state index in [-0.39, 0.29) is 31.1 Å². The molecule has 10 heteroatoms. The van der Waals surface area contributed by atoms with E-state index in [4.69, 9.17) is 4.74 Å². The third kappa shape index (κ3) is 6.13. The molecule has 0 fully saturated rings. The summed E-state index contributed by atoms with van der Waals surface area (Å²) in [4.78, 5) is 36.4. The number of hydrogen-bond donors (Lipinski definition) is 3. The van der Waals surface area contributed by atoms with Crippen LogP contribution in [0.1, 0.15) is 36.8 Å². The molecule has 1 aliphatic rings. The molecule has 9 nitrogen and oxygen atoms in total. The first kappa shape index (κ1) is 25.2. The fourth-order valence-electron chi connectivity index (χ4n) is 4.00. The number of carboxylic acid groups (broad SMARTS) is 1. The molecule has 0 radical (unpaired) electrons. The van der Waals surface area contributed by atoms with Gasteiger partial charge in [-0.1, -0.05) is 55.5 Å². The Kier molecular flexibility index (Phi) is 7.93. The summed E-state index contributed by atoms with van der Waals surface area (Å²) in [6.07, 6.45) is 0.101. The Morgan fingerprint density at radius 1 is 0.971 bits per heavy atom. The van der Waals surface area contributed by atoms with Crippen molar-refractivity contribution in [1.29, 1.82) is 0 Å². The maximum Gasteiger partial charge on any atom is 0.407 e. The molecule has 3 N–H and O–H groups in total. The van der Waals surface area contributed by atoms with Gasteiger partial charge in [0.2, 0.25) is 5.91 Å². The van der Waals surface area contributed by atoms with Gasteiger partial charge in [-0.05, 0) is 35.1 Å². The van der Waals surface area contributed by atoms with Gasteiger partial charge in [0, 0.05) is 12.2 Å². The molecule has 0 saturated heterocycles. The molecule has 1 unspecified atom stereocenters. The van der Waals surface area contributed by atoms with Crippen molar-refractivity contribution in [1.82, 2.24) is 10.6 Å². The van der Waals surface area contributed by atoms with Crippen LogP contribution >= 0.6 is 0 Å². The molecular weight excluding hydrogens is 460 g/mol. The largest absolute Gasteiger partial charge is 0.480 e. The standard InChI is InChI=1S/C24H28N2O7S/c1-3-20(22(27)25-21(23(28)29)12-13-34(2,31)32)26-24(30)33-14-19-17-10-6-4-8-15(17)16-9-5-7-11-18(16)19/h4-11,19-21H,3,12-14H2,1-2H3,(H,25,27)(H,26,30)(H,28,29)/t20-,21?/m0/s1. The molecule has 0 bridgehead atoms. The highest BCUT2D eigenvalue weighted by molar-refractivity contribution is 7.90. The van der Waals surface area contributed by atoms with Crippen molar-refractivity contribution in [2.75, 3.05) is 18.6 Å². The molecule has 0 heterocycles. The van der Waals surface area contributed by atoms with Crippen LogP contribution in [-0.2, 0) is 24.2 Å². The quantitative estimate of drug-likeness (QED) is 0.466. The molecule has 2 atom stereocenters. The van der Waals surface area contributed by atoms with Crippen molar-refractivity contribution in [3.63, 3.8) is 0 Å². The van der Waals surface area contributed by atoms with Crippen LogP contribution in [0.15, 0.2) is 48.5 Å². The predicted octanol–water partition coefficient (Wildman–Crippen LogP) is 2.31. The molecule has 2 amide bonds. The van der Waals surface area contributed by atoms with Crippen LogP contribution in [0, 0.1) is 0 Å². The number of carbonyl (C=O) groups is 3. The number of benzene rings is 2. The zero-order valence-corrected chi connectivity index (χ0v) is 19.8. The molecule has 2 aromatic carbocycles. The van der Waals surface area contributed by atoms with E-state index in [1.165, 1.54) is 0 Å². The molecule has 0 aliphatic heterocycles. The number of amides is 2. The molecule has 1 aliphatic carbocycles. The lowest BCUT2D eigenvalue weighted by atomic mass is 9.98. The summed E-state index contributed by atoms with van der Waals surface area (Å²) < 4.78 is 28.1. The van der Waals surface area contributed by atoms with E-state index in [0.717, 1.165) is 28.5 Å². The van der Waals surface area contributed by atoms with Gasteiger partial charge in [-0.25, -0.2) is 18.0 Å². The smallest absolute Gasteiger partial charge is 0.407 e. The number of sulfone groups is 1. The Hall–Kier alpha value is -3.40. The highest BCUT2D eigenvalue weighted by Gasteiger charge is 2.30. The van der Waals surface area contributed by atoms with E-state index >= 15 is 0 Å². The summed E-state index contributed by atoms with van der Waals surface area (Å²) in [5, 5.41) is 14.1. The van der Waals surface area contributed by atoms with Gasteiger partial charge in [-0.2, -0.15) is 0 Å². The van der Waals surface area contributed by atoms with Gasteiger partial charge in [0.05, 0.1) is 5.75 Å². The van der Waals surface area contributed by atoms with Gasteiger partial charge in [-0.3, -0.25) is 4.79 Å². The summed E-state index contributed by atoms with van der Waals surface area (Å²) >= 11 is 0. The molecule has 0 spiro atoms. The third-order valence-electron chi connectivity index (χ3n) is 5.75. The van der Waals surface area contributed by atoms with Crippen LogP contribution in [0.5, 0.6) is 0 Å². The average Bonchev–Trinajstić information content (AvgIpc) is 3.11. The van der Waals surface area contributed by atoms with Gasteiger partial charge < -0.3 is 20.5 Å². The predicted molar refractivity (Wildman–Crippen MR) is 126 cm³/mol. The molecular formula is C24H28N2O7S. The molecule has 34 heavy (non-hydrogen) atoms. The van der Waals surface area contributed by atoms with Crippen LogP contribution in [0.2, 0.25) is 0 Å². The first-order chi connectivity index (χ1) is 16.1. The minimum atomic E-state index is -3.40. The number of fused-ring (bicyclic) bond motifs is 3. The van der Waals surface area contributed by atoms with Crippen LogP contribution in [0.4, 0.5) is 4.79 Å². The molecule has 3 rings (SSSR count). The maximum atomic E-state index is 12.5. The summed E-state index contributed by atoms with van der Waals surface area (Å²) in [6.45, 7) is 1.73. The van der Waals surface area contributed by atoms with E-state index < -0.39 is 39.9 Å². The second kappa shape index (κ2) is 10.7. The van der Waals surface area contributed by atoms with E-state index in [2.05, 4.69) is 10.6 Å². The van der Waals surface area contributed by atoms with Crippen LogP contribution in [0.3, 0.4) is 0 Å². The zero-order chi connectivity index (χ0) is 24.9. The number of nitrogens with one attached hydrogen (secondary N) is 2. The van der Waals surface area contributed by atoms with Crippen molar-refractivity contribution in [3.05, 3.63) is 59.7 Å². The van der Waals surface area contributed by atoms with Crippen molar-refractivity contribution in [2.24, 2.45) is 0 Å². The van der Waals surface area contributed by atoms with Gasteiger partial charge >= 0.3 is 12.1 Å². The lowest BCUT2D eigenvalue weighted by Crippen LogP contribution is -2.51. The minimum Gasteiger partial charge on any atom is -0.480 e. The summed E-state index contributed by atoms with van der Waals surface area (Å²) in [5.74, 6) is -2.61. The SMILES string of the molecule is CC[C@H](NC(=O)OCC1c2ccccc2-c2ccccc21)C(=O)NC(CCS(C)(=O)=O)C(=O)O. The monoisotopic (exact) mass is 488 g/mol. The average molecular weight is 489 g/mol. The number of carboxylic acids is 1. The fourth-order valence-corrected chi connectivity index (χ4v) is 4.66. The summed E-state index contributed by atoms with van der Waals surface area (Å²) in [6, 6.07) is 13.4.